The van der Waals surface area contributed by atoms with Gasteiger partial charge in [0.05, 0.1) is 5.56 Å². The first-order valence-electron chi connectivity index (χ1n) is 8.64. The minimum absolute atomic E-state index is 0.0877. The molecule has 0 aliphatic rings. The number of halogens is 6. The molecule has 1 aromatic heterocycles. The first-order valence-corrected chi connectivity index (χ1v) is 9.52. The first kappa shape index (κ1) is 23.3. The number of nitrogens with zero attached hydrogens (tertiary/aromatic N) is 1. The second-order valence-corrected chi connectivity index (χ2v) is 7.31. The number of amides is 1. The van der Waals surface area contributed by atoms with Gasteiger partial charge < -0.3 is 15.2 Å². The molecule has 0 aliphatic carbocycles. The quantitative estimate of drug-likeness (QED) is 0.504. The highest BCUT2D eigenvalue weighted by Gasteiger charge is 2.46. The van der Waals surface area contributed by atoms with E-state index in [-0.39, 0.29) is 16.1 Å². The third-order valence-corrected chi connectivity index (χ3v) is 4.98. The normalized spacial score (nSPS) is 13.1. The number of carboxylic acid groups (broad SMARTS) is 1. The van der Waals surface area contributed by atoms with E-state index in [9.17, 15) is 35.9 Å². The van der Waals surface area contributed by atoms with Crippen molar-refractivity contribution < 1.29 is 45.8 Å². The molecular formula is C19H12F6N2O4S. The Labute approximate surface area is 179 Å². The van der Waals surface area contributed by atoms with Gasteiger partial charge in [0.1, 0.15) is 17.4 Å². The predicted octanol–water partition coefficient (Wildman–Crippen LogP) is 4.64. The van der Waals surface area contributed by atoms with Crippen LogP contribution >= 0.6 is 11.3 Å². The second kappa shape index (κ2) is 8.65. The van der Waals surface area contributed by atoms with Crippen LogP contribution in [0.2, 0.25) is 0 Å². The number of nitrogens with one attached hydrogen (secondary N) is 1. The highest BCUT2D eigenvalue weighted by atomic mass is 32.1. The molecule has 1 unspecified atom stereocenters. The van der Waals surface area contributed by atoms with Gasteiger partial charge in [0, 0.05) is 10.8 Å². The van der Waals surface area contributed by atoms with Crippen molar-refractivity contribution in [2.24, 2.45) is 0 Å². The lowest BCUT2D eigenvalue weighted by molar-refractivity contribution is -0.178. The molecule has 0 bridgehead atoms. The van der Waals surface area contributed by atoms with E-state index in [1.807, 2.05) is 0 Å². The zero-order valence-electron chi connectivity index (χ0n) is 15.6. The van der Waals surface area contributed by atoms with Crippen molar-refractivity contribution in [3.05, 3.63) is 58.0 Å². The Morgan fingerprint density at radius 2 is 1.78 bits per heavy atom. The molecule has 3 rings (SSSR count). The lowest BCUT2D eigenvalue weighted by atomic mass is 10.0. The SMILES string of the molecule is O=C(NC(C(=O)O)C(F)(F)F)c1ccc2ccccc2c1OCc1nc(C(F)(F)F)cs1. The zero-order valence-corrected chi connectivity index (χ0v) is 16.4. The van der Waals surface area contributed by atoms with Gasteiger partial charge in [0.15, 0.2) is 5.69 Å². The third-order valence-electron chi connectivity index (χ3n) is 4.16. The highest BCUT2D eigenvalue weighted by Crippen LogP contribution is 2.33. The molecule has 2 N–H and O–H groups in total. The van der Waals surface area contributed by atoms with E-state index >= 15 is 0 Å². The summed E-state index contributed by atoms with van der Waals surface area (Å²) in [6.45, 7) is -0.503. The monoisotopic (exact) mass is 478 g/mol. The molecule has 13 heteroatoms. The smallest absolute Gasteiger partial charge is 0.434 e. The third kappa shape index (κ3) is 5.10. The maximum atomic E-state index is 12.9. The number of carboxylic acids is 1. The number of carbonyl (C=O) groups is 2. The molecule has 2 aromatic carbocycles. The Kier molecular flexibility index (Phi) is 6.30. The summed E-state index contributed by atoms with van der Waals surface area (Å²) in [4.78, 5) is 26.8. The maximum absolute atomic E-state index is 12.9. The van der Waals surface area contributed by atoms with Gasteiger partial charge in [-0.1, -0.05) is 30.3 Å². The molecule has 1 amide bonds. The molecular weight excluding hydrogens is 466 g/mol. The highest BCUT2D eigenvalue weighted by molar-refractivity contribution is 7.09. The van der Waals surface area contributed by atoms with Crippen LogP contribution in [0, 0.1) is 0 Å². The van der Waals surface area contributed by atoms with Gasteiger partial charge in [-0.25, -0.2) is 9.78 Å². The van der Waals surface area contributed by atoms with E-state index in [2.05, 4.69) is 4.98 Å². The number of hydrogen-bond acceptors (Lipinski definition) is 5. The van der Waals surface area contributed by atoms with Crippen molar-refractivity contribution in [1.82, 2.24) is 10.3 Å². The average molecular weight is 478 g/mol. The Morgan fingerprint density at radius 3 is 2.38 bits per heavy atom. The number of aromatic nitrogens is 1. The molecule has 170 valence electrons. The Hall–Kier alpha value is -3.35. The number of aliphatic carboxylic acids is 1. The number of ether oxygens (including phenoxy) is 1. The summed E-state index contributed by atoms with van der Waals surface area (Å²) in [5.74, 6) is -3.92. The predicted molar refractivity (Wildman–Crippen MR) is 100 cm³/mol. The van der Waals surface area contributed by atoms with Crippen molar-refractivity contribution in [2.45, 2.75) is 25.0 Å². The van der Waals surface area contributed by atoms with Crippen molar-refractivity contribution in [3.8, 4) is 5.75 Å². The summed E-state index contributed by atoms with van der Waals surface area (Å²) >= 11 is 0.650. The molecule has 0 radical (unpaired) electrons. The van der Waals surface area contributed by atoms with Crippen LogP contribution < -0.4 is 10.1 Å². The summed E-state index contributed by atoms with van der Waals surface area (Å²) in [7, 11) is 0. The summed E-state index contributed by atoms with van der Waals surface area (Å²) in [6.07, 6.45) is -9.92. The van der Waals surface area contributed by atoms with E-state index < -0.39 is 48.1 Å². The van der Waals surface area contributed by atoms with E-state index in [1.165, 1.54) is 17.4 Å². The molecule has 0 spiro atoms. The van der Waals surface area contributed by atoms with Gasteiger partial charge >= 0.3 is 18.3 Å². The van der Waals surface area contributed by atoms with Gasteiger partial charge in [-0.2, -0.15) is 26.3 Å². The fourth-order valence-corrected chi connectivity index (χ4v) is 3.42. The van der Waals surface area contributed by atoms with Crippen LogP contribution in [0.25, 0.3) is 10.8 Å². The molecule has 3 aromatic rings. The standard InChI is InChI=1S/C19H12F6N2O4S/c20-18(21,22)12-8-32-13(26-12)7-31-14-10-4-2-1-3-9(10)5-6-11(14)16(28)27-15(17(29)30)19(23,24)25/h1-6,8,15H,7H2,(H,27,28)(H,29,30). The van der Waals surface area contributed by atoms with Gasteiger partial charge in [0.2, 0.25) is 6.04 Å². The number of carbonyl (C=O) groups excluding carboxylic acids is 1. The Morgan fingerprint density at radius 1 is 1.09 bits per heavy atom. The zero-order chi connectivity index (χ0) is 23.7. The average Bonchev–Trinajstić information content (AvgIpc) is 3.18. The van der Waals surface area contributed by atoms with Crippen LogP contribution in [0.15, 0.2) is 41.8 Å². The van der Waals surface area contributed by atoms with Crippen LogP contribution in [-0.2, 0) is 17.6 Å². The van der Waals surface area contributed by atoms with Gasteiger partial charge in [-0.05, 0) is 11.5 Å². The Balaban J connectivity index is 1.95. The number of rotatable bonds is 6. The molecule has 32 heavy (non-hydrogen) atoms. The fraction of sp³-hybridized carbons (Fsp3) is 0.211. The van der Waals surface area contributed by atoms with Crippen LogP contribution in [-0.4, -0.2) is 34.2 Å². The van der Waals surface area contributed by atoms with E-state index in [0.717, 1.165) is 11.4 Å². The number of alkyl halides is 6. The van der Waals surface area contributed by atoms with Crippen molar-refractivity contribution in [3.63, 3.8) is 0 Å². The topological polar surface area (TPSA) is 88.5 Å². The lowest BCUT2D eigenvalue weighted by Crippen LogP contribution is -2.50. The number of benzene rings is 2. The van der Waals surface area contributed by atoms with E-state index in [4.69, 9.17) is 9.84 Å². The number of hydrogen-bond donors (Lipinski definition) is 2. The van der Waals surface area contributed by atoms with Gasteiger partial charge in [-0.15, -0.1) is 11.3 Å². The molecule has 0 aliphatic heterocycles. The lowest BCUT2D eigenvalue weighted by Gasteiger charge is -2.19. The van der Waals surface area contributed by atoms with E-state index in [1.54, 1.807) is 18.2 Å². The van der Waals surface area contributed by atoms with E-state index in [0.29, 0.717) is 16.7 Å². The summed E-state index contributed by atoms with van der Waals surface area (Å²) in [5, 5.41) is 11.7. The van der Waals surface area contributed by atoms with Gasteiger partial charge in [0.25, 0.3) is 5.91 Å². The fourth-order valence-electron chi connectivity index (χ4n) is 2.71. The minimum atomic E-state index is -5.26. The summed E-state index contributed by atoms with van der Waals surface area (Å²) < 4.78 is 82.5. The van der Waals surface area contributed by atoms with Crippen LogP contribution in [0.5, 0.6) is 5.75 Å². The van der Waals surface area contributed by atoms with Crippen LogP contribution in [0.1, 0.15) is 21.1 Å². The molecule has 1 heterocycles. The largest absolute Gasteiger partial charge is 0.485 e. The van der Waals surface area contributed by atoms with Crippen molar-refractivity contribution in [1.29, 1.82) is 0 Å². The first-order chi connectivity index (χ1) is 14.9. The minimum Gasteiger partial charge on any atom is -0.485 e. The summed E-state index contributed by atoms with van der Waals surface area (Å²) in [5.41, 5.74) is -1.56. The molecule has 0 saturated heterocycles. The van der Waals surface area contributed by atoms with Crippen molar-refractivity contribution in [2.75, 3.05) is 0 Å². The number of thiazole rings is 1. The van der Waals surface area contributed by atoms with Crippen LogP contribution in [0.3, 0.4) is 0 Å². The number of fused-ring (bicyclic) bond motifs is 1. The second-order valence-electron chi connectivity index (χ2n) is 6.36. The molecule has 0 fully saturated rings. The molecule has 6 nitrogen and oxygen atoms in total. The summed E-state index contributed by atoms with van der Waals surface area (Å²) in [6, 6.07) is 5.68. The Bertz CT molecular complexity index is 1160. The molecule has 1 atom stereocenters. The molecule has 0 saturated carbocycles. The van der Waals surface area contributed by atoms with Crippen molar-refractivity contribution >= 4 is 34.0 Å². The van der Waals surface area contributed by atoms with Gasteiger partial charge in [-0.3, -0.25) is 4.79 Å². The maximum Gasteiger partial charge on any atom is 0.434 e. The van der Waals surface area contributed by atoms with Crippen LogP contribution in [0.4, 0.5) is 26.3 Å².